The normalized spacial score (nSPS) is 40.6. The molecular formula is C17H30N2O. The first-order valence-electron chi connectivity index (χ1n) is 8.55. The van der Waals surface area contributed by atoms with E-state index in [0.717, 1.165) is 18.3 Å². The van der Waals surface area contributed by atoms with Crippen molar-refractivity contribution in [3.8, 4) is 0 Å². The molecule has 1 aliphatic heterocycles. The molecule has 3 heteroatoms. The maximum Gasteiger partial charge on any atom is 0.241 e. The van der Waals surface area contributed by atoms with Gasteiger partial charge in [-0.25, -0.2) is 0 Å². The van der Waals surface area contributed by atoms with Gasteiger partial charge in [0.1, 0.15) is 0 Å². The van der Waals surface area contributed by atoms with Gasteiger partial charge in [0.05, 0.1) is 12.2 Å². The van der Waals surface area contributed by atoms with E-state index in [4.69, 9.17) is 0 Å². The zero-order valence-corrected chi connectivity index (χ0v) is 13.4. The molecule has 114 valence electrons. The van der Waals surface area contributed by atoms with E-state index in [-0.39, 0.29) is 12.2 Å². The largest absolute Gasteiger partial charge is 0.323 e. The maximum atomic E-state index is 12.9. The molecular weight excluding hydrogens is 248 g/mol. The third kappa shape index (κ3) is 2.38. The Morgan fingerprint density at radius 2 is 1.95 bits per heavy atom. The number of hydrogen-bond donors (Lipinski definition) is 1. The summed E-state index contributed by atoms with van der Waals surface area (Å²) in [6, 6.07) is 0.569. The van der Waals surface area contributed by atoms with Gasteiger partial charge in [-0.3, -0.25) is 10.1 Å². The first-order valence-corrected chi connectivity index (χ1v) is 8.55. The predicted octanol–water partition coefficient (Wildman–Crippen LogP) is 3.00. The number of amides is 1. The third-order valence-electron chi connectivity index (χ3n) is 5.65. The lowest BCUT2D eigenvalue weighted by atomic mass is 9.92. The fourth-order valence-corrected chi connectivity index (χ4v) is 4.73. The van der Waals surface area contributed by atoms with Gasteiger partial charge in [0.15, 0.2) is 0 Å². The minimum Gasteiger partial charge on any atom is -0.323 e. The average Bonchev–Trinajstić information content (AvgIpc) is 3.02. The van der Waals surface area contributed by atoms with Crippen LogP contribution in [-0.2, 0) is 4.79 Å². The van der Waals surface area contributed by atoms with Gasteiger partial charge in [0.25, 0.3) is 0 Å². The van der Waals surface area contributed by atoms with Crippen LogP contribution < -0.4 is 5.32 Å². The molecule has 1 amide bonds. The molecule has 3 aliphatic rings. The van der Waals surface area contributed by atoms with Crippen LogP contribution in [0.3, 0.4) is 0 Å². The lowest BCUT2D eigenvalue weighted by Gasteiger charge is -2.36. The highest BCUT2D eigenvalue weighted by molar-refractivity contribution is 5.85. The summed E-state index contributed by atoms with van der Waals surface area (Å²) in [6.45, 7) is 8.83. The molecule has 1 heterocycles. The second-order valence-electron chi connectivity index (χ2n) is 8.02. The number of fused-ring (bicyclic) bond motifs is 2. The van der Waals surface area contributed by atoms with Gasteiger partial charge >= 0.3 is 0 Å². The van der Waals surface area contributed by atoms with Crippen LogP contribution in [0.1, 0.15) is 59.8 Å². The molecule has 3 nitrogen and oxygen atoms in total. The van der Waals surface area contributed by atoms with Crippen molar-refractivity contribution < 1.29 is 4.79 Å². The first-order chi connectivity index (χ1) is 9.47. The standard InChI is InChI=1S/C17H30N2O/c1-10(2)7-15-18-16(11(3)4)17(20)19(15)14-9-12-5-6-13(14)8-12/h10-16,18H,5-9H2,1-4H3. The predicted molar refractivity (Wildman–Crippen MR) is 81.1 cm³/mol. The van der Waals surface area contributed by atoms with Gasteiger partial charge in [-0.1, -0.05) is 34.1 Å². The van der Waals surface area contributed by atoms with Gasteiger partial charge in [0.2, 0.25) is 5.91 Å². The van der Waals surface area contributed by atoms with Gasteiger partial charge < -0.3 is 4.90 Å². The number of carbonyl (C=O) groups excluding carboxylic acids is 1. The zero-order valence-electron chi connectivity index (χ0n) is 13.4. The molecule has 20 heavy (non-hydrogen) atoms. The maximum absolute atomic E-state index is 12.9. The van der Waals surface area contributed by atoms with Crippen molar-refractivity contribution >= 4 is 5.91 Å². The highest BCUT2D eigenvalue weighted by Crippen LogP contribution is 2.48. The number of carbonyl (C=O) groups is 1. The van der Waals surface area contributed by atoms with Crippen molar-refractivity contribution in [1.82, 2.24) is 10.2 Å². The van der Waals surface area contributed by atoms with E-state index >= 15 is 0 Å². The van der Waals surface area contributed by atoms with E-state index in [1.807, 2.05) is 0 Å². The number of nitrogens with one attached hydrogen (secondary N) is 1. The average molecular weight is 278 g/mol. The molecule has 2 aliphatic carbocycles. The Morgan fingerprint density at radius 1 is 1.20 bits per heavy atom. The molecule has 5 atom stereocenters. The Kier molecular flexibility index (Phi) is 3.83. The van der Waals surface area contributed by atoms with Gasteiger partial charge in [-0.2, -0.15) is 0 Å². The Labute approximate surface area is 123 Å². The molecule has 1 saturated heterocycles. The molecule has 3 fully saturated rings. The molecule has 5 unspecified atom stereocenters. The Balaban J connectivity index is 1.79. The van der Waals surface area contributed by atoms with Crippen LogP contribution in [0.5, 0.6) is 0 Å². The van der Waals surface area contributed by atoms with Crippen molar-refractivity contribution in [3.63, 3.8) is 0 Å². The zero-order chi connectivity index (χ0) is 14.4. The highest BCUT2D eigenvalue weighted by Gasteiger charge is 2.50. The van der Waals surface area contributed by atoms with Gasteiger partial charge in [-0.05, 0) is 49.4 Å². The van der Waals surface area contributed by atoms with Gasteiger partial charge in [-0.15, -0.1) is 0 Å². The van der Waals surface area contributed by atoms with E-state index < -0.39 is 0 Å². The Bertz CT molecular complexity index is 379. The number of rotatable bonds is 4. The topological polar surface area (TPSA) is 32.3 Å². The Hall–Kier alpha value is -0.570. The monoisotopic (exact) mass is 278 g/mol. The molecule has 0 radical (unpaired) electrons. The van der Waals surface area contributed by atoms with Crippen LogP contribution in [0.25, 0.3) is 0 Å². The molecule has 2 saturated carbocycles. The highest BCUT2D eigenvalue weighted by atomic mass is 16.2. The summed E-state index contributed by atoms with van der Waals surface area (Å²) in [5.74, 6) is 3.08. The molecule has 3 rings (SSSR count). The lowest BCUT2D eigenvalue weighted by Crippen LogP contribution is -2.47. The van der Waals surface area contributed by atoms with Crippen LogP contribution in [0.4, 0.5) is 0 Å². The summed E-state index contributed by atoms with van der Waals surface area (Å²) in [6.07, 6.45) is 6.74. The smallest absolute Gasteiger partial charge is 0.241 e. The van der Waals surface area contributed by atoms with Crippen molar-refractivity contribution in [2.24, 2.45) is 23.7 Å². The summed E-state index contributed by atoms with van der Waals surface area (Å²) < 4.78 is 0. The Morgan fingerprint density at radius 3 is 2.45 bits per heavy atom. The molecule has 0 spiro atoms. The quantitative estimate of drug-likeness (QED) is 0.857. The third-order valence-corrected chi connectivity index (χ3v) is 5.65. The van der Waals surface area contributed by atoms with E-state index in [1.165, 1.54) is 25.7 Å². The minimum absolute atomic E-state index is 0.0397. The SMILES string of the molecule is CC(C)CC1NC(C(C)C)C(=O)N1C1CC2CCC1C2. The summed E-state index contributed by atoms with van der Waals surface area (Å²) >= 11 is 0. The molecule has 2 bridgehead atoms. The van der Waals surface area contributed by atoms with Crippen LogP contribution in [0.2, 0.25) is 0 Å². The van der Waals surface area contributed by atoms with E-state index in [2.05, 4.69) is 37.9 Å². The van der Waals surface area contributed by atoms with E-state index in [9.17, 15) is 4.79 Å². The summed E-state index contributed by atoms with van der Waals surface area (Å²) in [4.78, 5) is 15.1. The molecule has 1 N–H and O–H groups in total. The van der Waals surface area contributed by atoms with Crippen LogP contribution in [0.15, 0.2) is 0 Å². The second kappa shape index (κ2) is 5.32. The first kappa shape index (κ1) is 14.4. The van der Waals surface area contributed by atoms with E-state index in [1.54, 1.807) is 0 Å². The van der Waals surface area contributed by atoms with Gasteiger partial charge in [0, 0.05) is 6.04 Å². The minimum atomic E-state index is 0.0397. The van der Waals surface area contributed by atoms with Crippen LogP contribution in [-0.4, -0.2) is 29.1 Å². The number of hydrogen-bond acceptors (Lipinski definition) is 2. The fourth-order valence-electron chi connectivity index (χ4n) is 4.73. The summed E-state index contributed by atoms with van der Waals surface area (Å²) in [7, 11) is 0. The number of nitrogens with zero attached hydrogens (tertiary/aromatic N) is 1. The van der Waals surface area contributed by atoms with Crippen LogP contribution >= 0.6 is 0 Å². The summed E-state index contributed by atoms with van der Waals surface area (Å²) in [5.41, 5.74) is 0. The molecule has 0 aromatic carbocycles. The van der Waals surface area contributed by atoms with Crippen LogP contribution in [0, 0.1) is 23.7 Å². The van der Waals surface area contributed by atoms with Crippen molar-refractivity contribution in [1.29, 1.82) is 0 Å². The van der Waals surface area contributed by atoms with E-state index in [0.29, 0.717) is 23.8 Å². The fraction of sp³-hybridized carbons (Fsp3) is 0.941. The summed E-state index contributed by atoms with van der Waals surface area (Å²) in [5, 5.41) is 3.63. The molecule has 0 aromatic rings. The lowest BCUT2D eigenvalue weighted by molar-refractivity contribution is -0.134. The molecule has 0 aromatic heterocycles. The van der Waals surface area contributed by atoms with Crippen molar-refractivity contribution in [2.75, 3.05) is 0 Å². The van der Waals surface area contributed by atoms with Crippen molar-refractivity contribution in [3.05, 3.63) is 0 Å². The second-order valence-corrected chi connectivity index (χ2v) is 8.02. The van der Waals surface area contributed by atoms with Crippen molar-refractivity contribution in [2.45, 2.75) is 78.0 Å².